The van der Waals surface area contributed by atoms with Gasteiger partial charge in [-0.1, -0.05) is 29.8 Å². The highest BCUT2D eigenvalue weighted by Gasteiger charge is 2.18. The number of likely N-dealkylation sites (N-methyl/N-ethyl adjacent to an activating group) is 1. The second-order valence-electron chi connectivity index (χ2n) is 5.60. The number of aryl methyl sites for hydroxylation is 1. The van der Waals surface area contributed by atoms with Crippen LogP contribution in [0.3, 0.4) is 0 Å². The summed E-state index contributed by atoms with van der Waals surface area (Å²) < 4.78 is 0. The Labute approximate surface area is 121 Å². The first-order valence-electron chi connectivity index (χ1n) is 7.38. The maximum absolute atomic E-state index is 12.0. The van der Waals surface area contributed by atoms with E-state index in [0.29, 0.717) is 6.42 Å². The zero-order valence-corrected chi connectivity index (χ0v) is 12.6. The van der Waals surface area contributed by atoms with Crippen molar-refractivity contribution in [2.24, 2.45) is 0 Å². The molecule has 4 nitrogen and oxygen atoms in total. The van der Waals surface area contributed by atoms with Crippen molar-refractivity contribution < 1.29 is 4.79 Å². The molecule has 1 amide bonds. The fraction of sp³-hybridized carbons (Fsp3) is 0.562. The summed E-state index contributed by atoms with van der Waals surface area (Å²) >= 11 is 0. The second kappa shape index (κ2) is 7.41. The molecule has 0 bridgehead atoms. The van der Waals surface area contributed by atoms with Gasteiger partial charge in [-0.2, -0.15) is 0 Å². The summed E-state index contributed by atoms with van der Waals surface area (Å²) in [5, 5.41) is 3.35. The van der Waals surface area contributed by atoms with Crippen molar-refractivity contribution in [1.82, 2.24) is 15.1 Å². The Morgan fingerprint density at radius 1 is 1.25 bits per heavy atom. The van der Waals surface area contributed by atoms with Gasteiger partial charge in [0.15, 0.2) is 0 Å². The number of nitrogens with zero attached hydrogens (tertiary/aromatic N) is 2. The highest BCUT2D eigenvalue weighted by molar-refractivity contribution is 5.76. The number of carbonyl (C=O) groups excluding carboxylic acids is 1. The third-order valence-electron chi connectivity index (χ3n) is 3.78. The third-order valence-corrected chi connectivity index (χ3v) is 3.78. The Balaban J connectivity index is 1.64. The van der Waals surface area contributed by atoms with Crippen LogP contribution in [0.25, 0.3) is 0 Å². The van der Waals surface area contributed by atoms with E-state index in [4.69, 9.17) is 0 Å². The van der Waals surface area contributed by atoms with Crippen LogP contribution in [-0.4, -0.2) is 55.5 Å². The molecule has 1 aromatic carbocycles. The van der Waals surface area contributed by atoms with Gasteiger partial charge in [-0.15, -0.1) is 0 Å². The van der Waals surface area contributed by atoms with Crippen molar-refractivity contribution in [1.29, 1.82) is 0 Å². The second-order valence-corrected chi connectivity index (χ2v) is 5.60. The SMILES string of the molecule is Cc1cccc(CNCCC(=O)N2CCN(C)CC2)c1. The molecule has 2 rings (SSSR count). The van der Waals surface area contributed by atoms with Crippen LogP contribution in [0.15, 0.2) is 24.3 Å². The highest BCUT2D eigenvalue weighted by Crippen LogP contribution is 2.04. The van der Waals surface area contributed by atoms with Gasteiger partial charge in [-0.3, -0.25) is 4.79 Å². The van der Waals surface area contributed by atoms with Gasteiger partial charge < -0.3 is 15.1 Å². The minimum absolute atomic E-state index is 0.273. The van der Waals surface area contributed by atoms with Crippen molar-refractivity contribution in [2.45, 2.75) is 19.9 Å². The Morgan fingerprint density at radius 2 is 2.00 bits per heavy atom. The number of carbonyl (C=O) groups is 1. The normalized spacial score (nSPS) is 16.4. The lowest BCUT2D eigenvalue weighted by molar-refractivity contribution is -0.132. The molecule has 1 aromatic rings. The first kappa shape index (κ1) is 15.0. The topological polar surface area (TPSA) is 35.6 Å². The molecule has 0 unspecified atom stereocenters. The predicted octanol–water partition coefficient (Wildman–Crippen LogP) is 1.25. The van der Waals surface area contributed by atoms with E-state index in [0.717, 1.165) is 39.3 Å². The molecule has 1 aliphatic heterocycles. The van der Waals surface area contributed by atoms with Crippen molar-refractivity contribution in [3.05, 3.63) is 35.4 Å². The van der Waals surface area contributed by atoms with E-state index < -0.39 is 0 Å². The van der Waals surface area contributed by atoms with Crippen LogP contribution in [0.4, 0.5) is 0 Å². The molecule has 1 aliphatic rings. The number of rotatable bonds is 5. The van der Waals surface area contributed by atoms with Gasteiger partial charge in [0.05, 0.1) is 0 Å². The maximum atomic E-state index is 12.0. The molecule has 0 aromatic heterocycles. The fourth-order valence-corrected chi connectivity index (χ4v) is 2.46. The van der Waals surface area contributed by atoms with Gasteiger partial charge in [0.2, 0.25) is 5.91 Å². The van der Waals surface area contributed by atoms with E-state index in [1.165, 1.54) is 11.1 Å². The largest absolute Gasteiger partial charge is 0.340 e. The molecule has 0 radical (unpaired) electrons. The van der Waals surface area contributed by atoms with Gasteiger partial charge in [-0.25, -0.2) is 0 Å². The summed E-state index contributed by atoms with van der Waals surface area (Å²) in [5.74, 6) is 0.273. The zero-order valence-electron chi connectivity index (χ0n) is 12.6. The Morgan fingerprint density at radius 3 is 2.70 bits per heavy atom. The lowest BCUT2D eigenvalue weighted by Crippen LogP contribution is -2.47. The molecule has 0 aliphatic carbocycles. The fourth-order valence-electron chi connectivity index (χ4n) is 2.46. The number of benzene rings is 1. The number of hydrogen-bond acceptors (Lipinski definition) is 3. The van der Waals surface area contributed by atoms with Gasteiger partial charge >= 0.3 is 0 Å². The van der Waals surface area contributed by atoms with Crippen molar-refractivity contribution in [2.75, 3.05) is 39.8 Å². The number of nitrogens with one attached hydrogen (secondary N) is 1. The van der Waals surface area contributed by atoms with Gasteiger partial charge in [0.25, 0.3) is 0 Å². The van der Waals surface area contributed by atoms with E-state index in [-0.39, 0.29) is 5.91 Å². The van der Waals surface area contributed by atoms with Crippen LogP contribution in [0.5, 0.6) is 0 Å². The molecule has 20 heavy (non-hydrogen) atoms. The minimum atomic E-state index is 0.273. The van der Waals surface area contributed by atoms with Crippen molar-refractivity contribution >= 4 is 5.91 Å². The monoisotopic (exact) mass is 275 g/mol. The highest BCUT2D eigenvalue weighted by atomic mass is 16.2. The molecular weight excluding hydrogens is 250 g/mol. The molecule has 0 atom stereocenters. The number of piperazine rings is 1. The summed E-state index contributed by atoms with van der Waals surface area (Å²) in [7, 11) is 2.10. The summed E-state index contributed by atoms with van der Waals surface area (Å²) in [6, 6.07) is 8.46. The molecule has 1 fully saturated rings. The predicted molar refractivity (Wildman–Crippen MR) is 81.6 cm³/mol. The van der Waals surface area contributed by atoms with Crippen LogP contribution in [0.2, 0.25) is 0 Å². The zero-order chi connectivity index (χ0) is 14.4. The van der Waals surface area contributed by atoms with Gasteiger partial charge in [-0.05, 0) is 19.5 Å². The molecule has 4 heteroatoms. The molecule has 0 spiro atoms. The average Bonchev–Trinajstić information content (AvgIpc) is 2.44. The third kappa shape index (κ3) is 4.62. The van der Waals surface area contributed by atoms with Crippen molar-refractivity contribution in [3.8, 4) is 0 Å². The van der Waals surface area contributed by atoms with E-state index in [1.807, 2.05) is 4.90 Å². The molecule has 1 heterocycles. The molecule has 0 saturated carbocycles. The summed E-state index contributed by atoms with van der Waals surface area (Å²) in [5.41, 5.74) is 2.55. The first-order valence-corrected chi connectivity index (χ1v) is 7.38. The smallest absolute Gasteiger partial charge is 0.223 e. The molecule has 110 valence electrons. The standard InChI is InChI=1S/C16H25N3O/c1-14-4-3-5-15(12-14)13-17-7-6-16(20)19-10-8-18(2)9-11-19/h3-5,12,17H,6-11,13H2,1-2H3. The number of hydrogen-bond donors (Lipinski definition) is 1. The van der Waals surface area contributed by atoms with E-state index in [2.05, 4.69) is 48.5 Å². The summed E-state index contributed by atoms with van der Waals surface area (Å²) in [6.45, 7) is 7.39. The first-order chi connectivity index (χ1) is 9.65. The quantitative estimate of drug-likeness (QED) is 0.822. The van der Waals surface area contributed by atoms with E-state index in [1.54, 1.807) is 0 Å². The maximum Gasteiger partial charge on any atom is 0.223 e. The van der Waals surface area contributed by atoms with Gasteiger partial charge in [0, 0.05) is 45.7 Å². The van der Waals surface area contributed by atoms with Gasteiger partial charge in [0.1, 0.15) is 0 Å². The van der Waals surface area contributed by atoms with E-state index in [9.17, 15) is 4.79 Å². The summed E-state index contributed by atoms with van der Waals surface area (Å²) in [6.07, 6.45) is 0.593. The summed E-state index contributed by atoms with van der Waals surface area (Å²) in [4.78, 5) is 16.3. The minimum Gasteiger partial charge on any atom is -0.340 e. The molecule has 1 saturated heterocycles. The van der Waals surface area contributed by atoms with Crippen molar-refractivity contribution in [3.63, 3.8) is 0 Å². The van der Waals surface area contributed by atoms with Crippen LogP contribution >= 0.6 is 0 Å². The molecular formula is C16H25N3O. The number of amides is 1. The van der Waals surface area contributed by atoms with Crippen LogP contribution in [0, 0.1) is 6.92 Å². The lowest BCUT2D eigenvalue weighted by Gasteiger charge is -2.32. The average molecular weight is 275 g/mol. The Bertz CT molecular complexity index is 439. The Hall–Kier alpha value is -1.39. The lowest BCUT2D eigenvalue weighted by atomic mass is 10.1. The van der Waals surface area contributed by atoms with E-state index >= 15 is 0 Å². The van der Waals surface area contributed by atoms with Crippen LogP contribution in [-0.2, 0) is 11.3 Å². The van der Waals surface area contributed by atoms with Crippen LogP contribution < -0.4 is 5.32 Å². The Kier molecular flexibility index (Phi) is 5.56. The van der Waals surface area contributed by atoms with Crippen LogP contribution in [0.1, 0.15) is 17.5 Å². The molecule has 1 N–H and O–H groups in total.